The van der Waals surface area contributed by atoms with Crippen molar-refractivity contribution in [2.24, 2.45) is 0 Å². The maximum atomic E-state index is 9.08. The van der Waals surface area contributed by atoms with Crippen LogP contribution in [0, 0.1) is 0 Å². The normalized spacial score (nSPS) is 10.3. The monoisotopic (exact) mass is 216 g/mol. The molecule has 1 N–H and O–H groups in total. The molecule has 0 atom stereocenters. The summed E-state index contributed by atoms with van der Waals surface area (Å²) in [6.07, 6.45) is 0. The Kier molecular flexibility index (Phi) is 4.20. The van der Waals surface area contributed by atoms with Crippen molar-refractivity contribution in [1.29, 1.82) is 0 Å². The summed E-state index contributed by atoms with van der Waals surface area (Å²) in [5.41, 5.74) is 1.65. The SMILES string of the molecule is COCc1cc(OC)c(Cl)cc1CO. The van der Waals surface area contributed by atoms with Crippen molar-refractivity contribution < 1.29 is 14.6 Å². The van der Waals surface area contributed by atoms with E-state index in [1.165, 1.54) is 0 Å². The van der Waals surface area contributed by atoms with Crippen LogP contribution in [0.5, 0.6) is 5.75 Å². The fourth-order valence-corrected chi connectivity index (χ4v) is 1.49. The van der Waals surface area contributed by atoms with Crippen LogP contribution in [0.3, 0.4) is 0 Å². The van der Waals surface area contributed by atoms with Gasteiger partial charge in [0.2, 0.25) is 0 Å². The van der Waals surface area contributed by atoms with Gasteiger partial charge in [0.05, 0.1) is 25.3 Å². The first-order valence-corrected chi connectivity index (χ1v) is 4.55. The van der Waals surface area contributed by atoms with Crippen LogP contribution in [0.2, 0.25) is 5.02 Å². The lowest BCUT2D eigenvalue weighted by atomic mass is 10.1. The molecule has 78 valence electrons. The molecule has 4 heteroatoms. The molecule has 1 aromatic carbocycles. The van der Waals surface area contributed by atoms with Gasteiger partial charge < -0.3 is 14.6 Å². The van der Waals surface area contributed by atoms with Gasteiger partial charge in [0.1, 0.15) is 5.75 Å². The second kappa shape index (κ2) is 5.20. The van der Waals surface area contributed by atoms with Gasteiger partial charge in [-0.15, -0.1) is 0 Å². The van der Waals surface area contributed by atoms with Gasteiger partial charge in [0.25, 0.3) is 0 Å². The minimum Gasteiger partial charge on any atom is -0.495 e. The van der Waals surface area contributed by atoms with Crippen LogP contribution in [-0.4, -0.2) is 19.3 Å². The molecular weight excluding hydrogens is 204 g/mol. The Morgan fingerprint density at radius 1 is 1.29 bits per heavy atom. The second-order valence-electron chi connectivity index (χ2n) is 2.85. The molecule has 1 rings (SSSR count). The minimum absolute atomic E-state index is 0.0532. The number of halogens is 1. The highest BCUT2D eigenvalue weighted by Gasteiger charge is 2.08. The van der Waals surface area contributed by atoms with Gasteiger partial charge in [-0.25, -0.2) is 0 Å². The largest absolute Gasteiger partial charge is 0.495 e. The van der Waals surface area contributed by atoms with E-state index in [9.17, 15) is 0 Å². The Hall–Kier alpha value is -0.770. The number of methoxy groups -OCH3 is 2. The molecule has 0 saturated carbocycles. The van der Waals surface area contributed by atoms with Crippen LogP contribution >= 0.6 is 11.6 Å². The van der Waals surface area contributed by atoms with Crippen LogP contribution in [-0.2, 0) is 18.0 Å². The fraction of sp³-hybridized carbons (Fsp3) is 0.400. The molecule has 0 fully saturated rings. The zero-order valence-corrected chi connectivity index (χ0v) is 8.97. The lowest BCUT2D eigenvalue weighted by Gasteiger charge is -2.10. The zero-order valence-electron chi connectivity index (χ0n) is 8.21. The highest BCUT2D eigenvalue weighted by atomic mass is 35.5. The van der Waals surface area contributed by atoms with Crippen LogP contribution in [0.1, 0.15) is 11.1 Å². The molecule has 1 aromatic rings. The van der Waals surface area contributed by atoms with E-state index in [-0.39, 0.29) is 6.61 Å². The quantitative estimate of drug-likeness (QED) is 0.837. The van der Waals surface area contributed by atoms with Gasteiger partial charge in [-0.2, -0.15) is 0 Å². The summed E-state index contributed by atoms with van der Waals surface area (Å²) in [5, 5.41) is 9.57. The van der Waals surface area contributed by atoms with E-state index >= 15 is 0 Å². The molecule has 0 radical (unpaired) electrons. The Labute approximate surface area is 88.2 Å². The van der Waals surface area contributed by atoms with Gasteiger partial charge >= 0.3 is 0 Å². The zero-order chi connectivity index (χ0) is 10.6. The topological polar surface area (TPSA) is 38.7 Å². The molecular formula is C10H13ClO3. The fourth-order valence-electron chi connectivity index (χ4n) is 1.23. The molecule has 0 bridgehead atoms. The molecule has 0 amide bonds. The lowest BCUT2D eigenvalue weighted by Crippen LogP contribution is -1.97. The predicted octanol–water partition coefficient (Wildman–Crippen LogP) is 1.99. The van der Waals surface area contributed by atoms with E-state index in [0.717, 1.165) is 11.1 Å². The standard InChI is InChI=1S/C10H13ClO3/c1-13-6-8-4-10(14-2)9(11)3-7(8)5-12/h3-4,12H,5-6H2,1-2H3. The molecule has 0 spiro atoms. The third-order valence-electron chi connectivity index (χ3n) is 1.94. The third-order valence-corrected chi connectivity index (χ3v) is 2.24. The summed E-state index contributed by atoms with van der Waals surface area (Å²) < 4.78 is 10.1. The molecule has 14 heavy (non-hydrogen) atoms. The summed E-state index contributed by atoms with van der Waals surface area (Å²) in [6.45, 7) is 0.381. The lowest BCUT2D eigenvalue weighted by molar-refractivity contribution is 0.181. The first kappa shape index (κ1) is 11.3. The maximum absolute atomic E-state index is 9.08. The van der Waals surface area contributed by atoms with E-state index in [0.29, 0.717) is 17.4 Å². The van der Waals surface area contributed by atoms with Crippen LogP contribution in [0.4, 0.5) is 0 Å². The van der Waals surface area contributed by atoms with Crippen molar-refractivity contribution in [3.05, 3.63) is 28.3 Å². The summed E-state index contributed by atoms with van der Waals surface area (Å²) in [5.74, 6) is 0.593. The van der Waals surface area contributed by atoms with E-state index in [1.54, 1.807) is 26.4 Å². The van der Waals surface area contributed by atoms with Crippen molar-refractivity contribution in [1.82, 2.24) is 0 Å². The number of aliphatic hydroxyl groups excluding tert-OH is 1. The molecule has 3 nitrogen and oxygen atoms in total. The Balaban J connectivity index is 3.11. The Morgan fingerprint density at radius 2 is 2.00 bits per heavy atom. The third kappa shape index (κ3) is 2.38. The molecule has 0 aromatic heterocycles. The number of rotatable bonds is 4. The Morgan fingerprint density at radius 3 is 2.50 bits per heavy atom. The second-order valence-corrected chi connectivity index (χ2v) is 3.25. The van der Waals surface area contributed by atoms with Gasteiger partial charge in [-0.3, -0.25) is 0 Å². The van der Waals surface area contributed by atoms with E-state index < -0.39 is 0 Å². The summed E-state index contributed by atoms with van der Waals surface area (Å²) in [6, 6.07) is 3.46. The van der Waals surface area contributed by atoms with Crippen molar-refractivity contribution >= 4 is 11.6 Å². The molecule has 0 aliphatic carbocycles. The predicted molar refractivity (Wildman–Crippen MR) is 54.6 cm³/mol. The van der Waals surface area contributed by atoms with Crippen LogP contribution in [0.25, 0.3) is 0 Å². The van der Waals surface area contributed by atoms with Gasteiger partial charge in [0, 0.05) is 7.11 Å². The average Bonchev–Trinajstić information content (AvgIpc) is 2.20. The van der Waals surface area contributed by atoms with Crippen LogP contribution < -0.4 is 4.74 Å². The first-order valence-electron chi connectivity index (χ1n) is 4.18. The molecule has 0 aliphatic rings. The van der Waals surface area contributed by atoms with E-state index in [4.69, 9.17) is 26.2 Å². The van der Waals surface area contributed by atoms with Crippen molar-refractivity contribution in [3.63, 3.8) is 0 Å². The van der Waals surface area contributed by atoms with Crippen LogP contribution in [0.15, 0.2) is 12.1 Å². The maximum Gasteiger partial charge on any atom is 0.137 e. The molecule has 0 aliphatic heterocycles. The first-order chi connectivity index (χ1) is 6.72. The number of hydrogen-bond donors (Lipinski definition) is 1. The minimum atomic E-state index is -0.0532. The van der Waals surface area contributed by atoms with Gasteiger partial charge in [-0.1, -0.05) is 11.6 Å². The summed E-state index contributed by atoms with van der Waals surface area (Å²) in [4.78, 5) is 0. The molecule has 0 saturated heterocycles. The van der Waals surface area contributed by atoms with E-state index in [2.05, 4.69) is 0 Å². The molecule has 0 unspecified atom stereocenters. The highest BCUT2D eigenvalue weighted by Crippen LogP contribution is 2.28. The number of hydrogen-bond acceptors (Lipinski definition) is 3. The Bertz CT molecular complexity index is 312. The molecule has 0 heterocycles. The van der Waals surface area contributed by atoms with Crippen molar-refractivity contribution in [2.75, 3.05) is 14.2 Å². The van der Waals surface area contributed by atoms with Gasteiger partial charge in [0.15, 0.2) is 0 Å². The van der Waals surface area contributed by atoms with Crippen molar-refractivity contribution in [3.8, 4) is 5.75 Å². The van der Waals surface area contributed by atoms with Gasteiger partial charge in [-0.05, 0) is 23.3 Å². The summed E-state index contributed by atoms with van der Waals surface area (Å²) in [7, 11) is 3.15. The summed E-state index contributed by atoms with van der Waals surface area (Å²) >= 11 is 5.90. The highest BCUT2D eigenvalue weighted by molar-refractivity contribution is 6.32. The van der Waals surface area contributed by atoms with Crippen molar-refractivity contribution in [2.45, 2.75) is 13.2 Å². The number of benzene rings is 1. The number of ether oxygens (including phenoxy) is 2. The van der Waals surface area contributed by atoms with E-state index in [1.807, 2.05) is 0 Å². The smallest absolute Gasteiger partial charge is 0.137 e. The average molecular weight is 217 g/mol. The number of aliphatic hydroxyl groups is 1.